The molecule has 1 atom stereocenters. The van der Waals surface area contributed by atoms with Crippen LogP contribution in [0.25, 0.3) is 0 Å². The van der Waals surface area contributed by atoms with E-state index in [2.05, 4.69) is 38.0 Å². The molecule has 1 aliphatic heterocycles. The summed E-state index contributed by atoms with van der Waals surface area (Å²) in [5, 5.41) is 10.4. The van der Waals surface area contributed by atoms with Gasteiger partial charge in [0.2, 0.25) is 5.13 Å². The van der Waals surface area contributed by atoms with Crippen molar-refractivity contribution in [1.29, 1.82) is 0 Å². The first-order valence-electron chi connectivity index (χ1n) is 5.36. The first-order valence-corrected chi connectivity index (χ1v) is 7.09. The summed E-state index contributed by atoms with van der Waals surface area (Å²) in [5.41, 5.74) is 0. The lowest BCUT2D eigenvalue weighted by molar-refractivity contribution is 0.406. The number of halogens is 1. The average Bonchev–Trinajstić information content (AvgIpc) is 2.65. The molecule has 2 heterocycles. The summed E-state index contributed by atoms with van der Waals surface area (Å²) < 4.78 is 0. The molecule has 1 unspecified atom stereocenters. The molecule has 0 spiro atoms. The highest BCUT2D eigenvalue weighted by Gasteiger charge is 2.23. The van der Waals surface area contributed by atoms with Crippen molar-refractivity contribution in [2.45, 2.75) is 31.5 Å². The average molecular weight is 290 g/mol. The molecule has 84 valence electrons. The first-order chi connectivity index (χ1) is 7.16. The zero-order chi connectivity index (χ0) is 10.8. The van der Waals surface area contributed by atoms with Crippen LogP contribution in [0.3, 0.4) is 0 Å². The maximum atomic E-state index is 4.19. The maximum absolute atomic E-state index is 4.19. The largest absolute Gasteiger partial charge is 0.347 e. The number of nitrogens with zero attached hydrogens (tertiary/aromatic N) is 3. The Bertz CT molecular complexity index is 318. The van der Waals surface area contributed by atoms with E-state index in [0.717, 1.165) is 29.1 Å². The van der Waals surface area contributed by atoms with E-state index < -0.39 is 0 Å². The Morgan fingerprint density at radius 1 is 1.40 bits per heavy atom. The summed E-state index contributed by atoms with van der Waals surface area (Å²) in [6, 6.07) is 0. The minimum absolute atomic E-state index is 0.635. The molecule has 5 heteroatoms. The molecule has 1 saturated heterocycles. The number of rotatable bonds is 2. The summed E-state index contributed by atoms with van der Waals surface area (Å²) in [4.78, 5) is 2.99. The van der Waals surface area contributed by atoms with Crippen molar-refractivity contribution in [3.8, 4) is 0 Å². The summed E-state index contributed by atoms with van der Waals surface area (Å²) >= 11 is 5.37. The fourth-order valence-corrected chi connectivity index (χ4v) is 3.23. The van der Waals surface area contributed by atoms with E-state index in [0.29, 0.717) is 4.83 Å². The minimum Gasteiger partial charge on any atom is -0.347 e. The predicted octanol–water partition coefficient (Wildman–Crippen LogP) is 2.85. The summed E-state index contributed by atoms with van der Waals surface area (Å²) in [6.07, 6.45) is 2.51. The van der Waals surface area contributed by atoms with Crippen molar-refractivity contribution in [3.05, 3.63) is 5.01 Å². The smallest absolute Gasteiger partial charge is 0.208 e. The molecule has 3 nitrogen and oxygen atoms in total. The normalized spacial score (nSPS) is 20.6. The van der Waals surface area contributed by atoms with Gasteiger partial charge in [-0.15, -0.1) is 10.2 Å². The van der Waals surface area contributed by atoms with Crippen LogP contribution >= 0.6 is 27.3 Å². The van der Waals surface area contributed by atoms with E-state index in [1.807, 2.05) is 6.92 Å². The molecule has 0 saturated carbocycles. The van der Waals surface area contributed by atoms with Crippen molar-refractivity contribution < 1.29 is 0 Å². The molecule has 0 N–H and O–H groups in total. The second-order valence-corrected chi connectivity index (χ2v) is 6.71. The van der Waals surface area contributed by atoms with Gasteiger partial charge in [-0.05, 0) is 25.7 Å². The third kappa shape index (κ3) is 2.69. The number of aromatic nitrogens is 2. The fraction of sp³-hybridized carbons (Fsp3) is 0.800. The van der Waals surface area contributed by atoms with Crippen LogP contribution in [0.5, 0.6) is 0 Å². The molecular weight excluding hydrogens is 274 g/mol. The van der Waals surface area contributed by atoms with Gasteiger partial charge >= 0.3 is 0 Å². The number of hydrogen-bond acceptors (Lipinski definition) is 4. The van der Waals surface area contributed by atoms with Crippen LogP contribution in [0.4, 0.5) is 5.13 Å². The van der Waals surface area contributed by atoms with Crippen molar-refractivity contribution >= 4 is 32.4 Å². The Morgan fingerprint density at radius 3 is 2.53 bits per heavy atom. The summed E-state index contributed by atoms with van der Waals surface area (Å²) in [7, 11) is 0. The zero-order valence-corrected chi connectivity index (χ0v) is 11.5. The van der Waals surface area contributed by atoms with Crippen molar-refractivity contribution in [3.63, 3.8) is 0 Å². The highest BCUT2D eigenvalue weighted by Crippen LogP contribution is 2.29. The maximum Gasteiger partial charge on any atom is 0.208 e. The lowest BCUT2D eigenvalue weighted by Gasteiger charge is -2.32. The molecule has 2 rings (SSSR count). The second-order valence-electron chi connectivity index (χ2n) is 4.11. The third-order valence-electron chi connectivity index (χ3n) is 2.98. The van der Waals surface area contributed by atoms with Gasteiger partial charge in [0.25, 0.3) is 0 Å². The van der Waals surface area contributed by atoms with Gasteiger partial charge in [0.15, 0.2) is 0 Å². The molecule has 0 aromatic carbocycles. The van der Waals surface area contributed by atoms with Crippen molar-refractivity contribution in [2.24, 2.45) is 5.92 Å². The molecule has 1 aliphatic rings. The molecule has 0 aliphatic carbocycles. The van der Waals surface area contributed by atoms with Crippen LogP contribution in [0, 0.1) is 12.8 Å². The molecule has 15 heavy (non-hydrogen) atoms. The van der Waals surface area contributed by atoms with Crippen LogP contribution < -0.4 is 4.90 Å². The van der Waals surface area contributed by atoms with Gasteiger partial charge in [-0.1, -0.05) is 34.2 Å². The van der Waals surface area contributed by atoms with Crippen LogP contribution in [0.2, 0.25) is 0 Å². The summed E-state index contributed by atoms with van der Waals surface area (Å²) in [6.45, 7) is 6.49. The Hall–Kier alpha value is -0.160. The van der Waals surface area contributed by atoms with E-state index in [-0.39, 0.29) is 0 Å². The number of aryl methyl sites for hydroxylation is 1. The van der Waals surface area contributed by atoms with Gasteiger partial charge in [-0.25, -0.2) is 0 Å². The highest BCUT2D eigenvalue weighted by atomic mass is 79.9. The van der Waals surface area contributed by atoms with E-state index in [1.54, 1.807) is 11.3 Å². The van der Waals surface area contributed by atoms with Gasteiger partial charge in [-0.3, -0.25) is 0 Å². The van der Waals surface area contributed by atoms with Crippen molar-refractivity contribution in [1.82, 2.24) is 10.2 Å². The monoisotopic (exact) mass is 289 g/mol. The number of alkyl halides is 1. The Labute approximate surface area is 103 Å². The van der Waals surface area contributed by atoms with Gasteiger partial charge in [-0.2, -0.15) is 0 Å². The second kappa shape index (κ2) is 4.78. The van der Waals surface area contributed by atoms with Gasteiger partial charge < -0.3 is 4.90 Å². The minimum atomic E-state index is 0.635. The Morgan fingerprint density at radius 2 is 2.07 bits per heavy atom. The van der Waals surface area contributed by atoms with Gasteiger partial charge in [0.1, 0.15) is 5.01 Å². The lowest BCUT2D eigenvalue weighted by atomic mass is 9.95. The number of piperidine rings is 1. The van der Waals surface area contributed by atoms with Crippen LogP contribution in [0.15, 0.2) is 0 Å². The fourth-order valence-electron chi connectivity index (χ4n) is 1.96. The molecule has 0 bridgehead atoms. The predicted molar refractivity (Wildman–Crippen MR) is 68.0 cm³/mol. The summed E-state index contributed by atoms with van der Waals surface area (Å²) in [5.74, 6) is 0.815. The van der Waals surface area contributed by atoms with Crippen molar-refractivity contribution in [2.75, 3.05) is 18.0 Å². The number of anilines is 1. The van der Waals surface area contributed by atoms with E-state index in [1.165, 1.54) is 12.8 Å². The molecule has 1 aromatic heterocycles. The molecule has 1 aromatic rings. The SMILES string of the molecule is Cc1nnc(N2CCC(C(C)Br)CC2)s1. The van der Waals surface area contributed by atoms with E-state index in [4.69, 9.17) is 0 Å². The van der Waals surface area contributed by atoms with Crippen LogP contribution in [0.1, 0.15) is 24.8 Å². The Balaban J connectivity index is 1.93. The quantitative estimate of drug-likeness (QED) is 0.784. The molecule has 1 fully saturated rings. The van der Waals surface area contributed by atoms with E-state index >= 15 is 0 Å². The van der Waals surface area contributed by atoms with E-state index in [9.17, 15) is 0 Å². The molecule has 0 amide bonds. The van der Waals surface area contributed by atoms with Gasteiger partial charge in [0.05, 0.1) is 0 Å². The van der Waals surface area contributed by atoms with Gasteiger partial charge in [0, 0.05) is 17.9 Å². The first kappa shape index (κ1) is 11.3. The standard InChI is InChI=1S/C10H16BrN3S/c1-7(11)9-3-5-14(6-4-9)10-13-12-8(2)15-10/h7,9H,3-6H2,1-2H3. The van der Waals surface area contributed by atoms with Crippen LogP contribution in [-0.4, -0.2) is 28.1 Å². The van der Waals surface area contributed by atoms with Crippen LogP contribution in [-0.2, 0) is 0 Å². The zero-order valence-electron chi connectivity index (χ0n) is 9.11. The Kier molecular flexibility index (Phi) is 3.61. The third-order valence-corrected chi connectivity index (χ3v) is 4.62. The molecule has 0 radical (unpaired) electrons. The number of hydrogen-bond donors (Lipinski definition) is 0. The highest BCUT2D eigenvalue weighted by molar-refractivity contribution is 9.09. The topological polar surface area (TPSA) is 29.0 Å². The lowest BCUT2D eigenvalue weighted by Crippen LogP contribution is -2.35. The molecular formula is C10H16BrN3S.